The van der Waals surface area contributed by atoms with Crippen molar-refractivity contribution >= 4 is 77.6 Å². The van der Waals surface area contributed by atoms with Crippen molar-refractivity contribution in [1.29, 1.82) is 0 Å². The van der Waals surface area contributed by atoms with Crippen molar-refractivity contribution in [3.8, 4) is 5.69 Å². The van der Waals surface area contributed by atoms with Crippen LogP contribution in [0.25, 0.3) is 71.2 Å². The zero-order valence-corrected chi connectivity index (χ0v) is 26.5. The Morgan fingerprint density at radius 2 is 1.14 bits per heavy atom. The average molecular weight is 631 g/mol. The van der Waals surface area contributed by atoms with E-state index in [1.165, 1.54) is 16.3 Å². The summed E-state index contributed by atoms with van der Waals surface area (Å²) in [6.45, 7) is 0. The van der Waals surface area contributed by atoms with Crippen molar-refractivity contribution in [2.45, 2.75) is 6.04 Å². The largest absolute Gasteiger partial charge is 0.456 e. The van der Waals surface area contributed by atoms with Crippen molar-refractivity contribution in [3.05, 3.63) is 169 Å². The molecule has 10 aromatic rings. The fraction of sp³-hybridized carbons (Fsp3) is 0.0227. The lowest BCUT2D eigenvalue weighted by molar-refractivity contribution is 0.669. The van der Waals surface area contributed by atoms with Gasteiger partial charge in [-0.05, 0) is 59.7 Å². The Labute approximate surface area is 281 Å². The van der Waals surface area contributed by atoms with Gasteiger partial charge >= 0.3 is 0 Å². The minimum Gasteiger partial charge on any atom is -0.456 e. The zero-order chi connectivity index (χ0) is 32.5. The van der Waals surface area contributed by atoms with Crippen LogP contribution in [0.2, 0.25) is 0 Å². The van der Waals surface area contributed by atoms with E-state index >= 15 is 0 Å². The zero-order valence-electron chi connectivity index (χ0n) is 26.5. The maximum Gasteiger partial charge on any atom is 0.137 e. The van der Waals surface area contributed by atoms with E-state index in [1.807, 2.05) is 54.9 Å². The van der Waals surface area contributed by atoms with Crippen molar-refractivity contribution in [2.75, 3.05) is 0 Å². The predicted molar refractivity (Wildman–Crippen MR) is 204 cm³/mol. The second-order valence-corrected chi connectivity index (χ2v) is 12.6. The molecule has 0 saturated heterocycles. The number of rotatable bonds is 5. The molecule has 49 heavy (non-hydrogen) atoms. The number of benzene rings is 7. The molecule has 3 aromatic heterocycles. The van der Waals surface area contributed by atoms with Gasteiger partial charge in [-0.25, -0.2) is 4.99 Å². The molecule has 2 N–H and O–H groups in total. The molecule has 5 nitrogen and oxygen atoms in total. The van der Waals surface area contributed by atoms with Gasteiger partial charge in [0.2, 0.25) is 0 Å². The third-order valence-electron chi connectivity index (χ3n) is 9.85. The second-order valence-electron chi connectivity index (χ2n) is 12.6. The third-order valence-corrected chi connectivity index (χ3v) is 9.85. The van der Waals surface area contributed by atoms with Gasteiger partial charge in [0.25, 0.3) is 0 Å². The van der Waals surface area contributed by atoms with Gasteiger partial charge in [-0.15, -0.1) is 0 Å². The van der Waals surface area contributed by atoms with Gasteiger partial charge in [0, 0.05) is 44.1 Å². The first-order valence-electron chi connectivity index (χ1n) is 16.5. The van der Waals surface area contributed by atoms with E-state index in [0.717, 1.165) is 71.8 Å². The highest BCUT2D eigenvalue weighted by Crippen LogP contribution is 2.41. The van der Waals surface area contributed by atoms with Crippen LogP contribution in [0, 0.1) is 0 Å². The van der Waals surface area contributed by atoms with Gasteiger partial charge in [-0.3, -0.25) is 4.57 Å². The summed E-state index contributed by atoms with van der Waals surface area (Å²) in [5.74, 6) is 0. The summed E-state index contributed by atoms with van der Waals surface area (Å²) in [5.41, 5.74) is 16.9. The number of aromatic nitrogens is 2. The van der Waals surface area contributed by atoms with Crippen LogP contribution in [-0.2, 0) is 0 Å². The lowest BCUT2D eigenvalue weighted by atomic mass is 9.98. The molecule has 0 fully saturated rings. The summed E-state index contributed by atoms with van der Waals surface area (Å²) in [5, 5.41) is 6.94. The Morgan fingerprint density at radius 1 is 0.510 bits per heavy atom. The number of hydrogen-bond donors (Lipinski definition) is 1. The fourth-order valence-corrected chi connectivity index (χ4v) is 7.53. The molecule has 7 aromatic carbocycles. The summed E-state index contributed by atoms with van der Waals surface area (Å²) >= 11 is 0. The van der Waals surface area contributed by atoms with E-state index in [2.05, 4.69) is 118 Å². The highest BCUT2D eigenvalue weighted by molar-refractivity contribution is 6.23. The Kier molecular flexibility index (Phi) is 6.10. The highest BCUT2D eigenvalue weighted by atomic mass is 16.3. The minimum atomic E-state index is -0.302. The van der Waals surface area contributed by atoms with Gasteiger partial charge < -0.3 is 14.7 Å². The summed E-state index contributed by atoms with van der Waals surface area (Å²) in [4.78, 5) is 5.14. The molecular formula is C44H30N4O. The Hall–Kier alpha value is -6.43. The van der Waals surface area contributed by atoms with Crippen LogP contribution in [0.3, 0.4) is 0 Å². The highest BCUT2D eigenvalue weighted by Gasteiger charge is 2.20. The molecule has 0 aliphatic heterocycles. The molecule has 1 unspecified atom stereocenters. The first-order valence-corrected chi connectivity index (χ1v) is 16.5. The molecule has 3 heterocycles. The van der Waals surface area contributed by atoms with Gasteiger partial charge in [0.1, 0.15) is 17.5 Å². The number of aliphatic imine (C=N–C) groups is 1. The van der Waals surface area contributed by atoms with Crippen LogP contribution in [0.1, 0.15) is 17.2 Å². The number of nitrogens with zero attached hydrogens (tertiary/aromatic N) is 3. The first kappa shape index (κ1) is 27.7. The Bertz CT molecular complexity index is 2890. The lowest BCUT2D eigenvalue weighted by Crippen LogP contribution is -2.11. The Morgan fingerprint density at radius 3 is 1.98 bits per heavy atom. The smallest absolute Gasteiger partial charge is 0.137 e. The second kappa shape index (κ2) is 10.8. The summed E-state index contributed by atoms with van der Waals surface area (Å²) in [6, 6.07) is 54.6. The molecule has 232 valence electrons. The van der Waals surface area contributed by atoms with Crippen molar-refractivity contribution in [1.82, 2.24) is 9.13 Å². The lowest BCUT2D eigenvalue weighted by Gasteiger charge is -2.14. The molecule has 0 aliphatic carbocycles. The van der Waals surface area contributed by atoms with Crippen LogP contribution >= 0.6 is 0 Å². The van der Waals surface area contributed by atoms with Crippen LogP contribution < -0.4 is 5.73 Å². The van der Waals surface area contributed by atoms with Crippen molar-refractivity contribution in [2.24, 2.45) is 10.7 Å². The number of furan rings is 1. The Balaban J connectivity index is 1.27. The molecule has 0 spiro atoms. The number of hydrogen-bond acceptors (Lipinski definition) is 3. The predicted octanol–water partition coefficient (Wildman–Crippen LogP) is 11.0. The van der Waals surface area contributed by atoms with Crippen LogP contribution in [-0.4, -0.2) is 15.5 Å². The fourth-order valence-electron chi connectivity index (χ4n) is 7.53. The monoisotopic (exact) mass is 630 g/mol. The number of para-hydroxylation sites is 4. The summed E-state index contributed by atoms with van der Waals surface area (Å²) in [7, 11) is 0. The molecule has 0 amide bonds. The van der Waals surface area contributed by atoms with Gasteiger partial charge in [-0.1, -0.05) is 103 Å². The summed E-state index contributed by atoms with van der Waals surface area (Å²) < 4.78 is 11.0. The van der Waals surface area contributed by atoms with Crippen LogP contribution in [0.4, 0.5) is 5.69 Å². The van der Waals surface area contributed by atoms with E-state index in [-0.39, 0.29) is 6.04 Å². The molecule has 0 radical (unpaired) electrons. The van der Waals surface area contributed by atoms with Crippen LogP contribution in [0.15, 0.2) is 167 Å². The molecule has 1 atom stereocenters. The van der Waals surface area contributed by atoms with E-state index in [1.54, 1.807) is 0 Å². The van der Waals surface area contributed by atoms with E-state index in [0.29, 0.717) is 0 Å². The van der Waals surface area contributed by atoms with Crippen LogP contribution in [0.5, 0.6) is 0 Å². The molecule has 5 heteroatoms. The normalized spacial score (nSPS) is 12.8. The van der Waals surface area contributed by atoms with Crippen molar-refractivity contribution < 1.29 is 4.42 Å². The molecular weight excluding hydrogens is 601 g/mol. The van der Waals surface area contributed by atoms with E-state index in [9.17, 15) is 0 Å². The number of nitrogens with two attached hydrogens (primary N) is 1. The van der Waals surface area contributed by atoms with Gasteiger partial charge in [0.15, 0.2) is 0 Å². The quantitative estimate of drug-likeness (QED) is 0.152. The third kappa shape index (κ3) is 4.26. The summed E-state index contributed by atoms with van der Waals surface area (Å²) in [6.07, 6.45) is 1.94. The SMILES string of the molecule is NC(c1ccccc1)c1ccccc1/N=C/n1c2cc3oc4ccccc4c3cc2c2cc3c4ccccc4n(-c4ccccc4)c3cc21. The number of fused-ring (bicyclic) bond motifs is 9. The minimum absolute atomic E-state index is 0.302. The van der Waals surface area contributed by atoms with Crippen molar-refractivity contribution in [3.63, 3.8) is 0 Å². The van der Waals surface area contributed by atoms with E-state index < -0.39 is 0 Å². The average Bonchev–Trinajstić information content (AvgIpc) is 3.79. The topological polar surface area (TPSA) is 61.4 Å². The van der Waals surface area contributed by atoms with Gasteiger partial charge in [0.05, 0.1) is 33.8 Å². The standard InChI is InChI=1S/C44H30N4O/c45-44(28-13-3-1-4-14-28)32-19-7-10-20-37(32)46-27-47-39-25-41-33(30-17-8-11-21-38(30)48(41)29-15-5-2-6-16-29)23-34(39)35-24-36-31-18-9-12-22-42(31)49-43(36)26-40(35)47/h1-27,44H,45H2/b46-27+. The van der Waals surface area contributed by atoms with E-state index in [4.69, 9.17) is 15.1 Å². The molecule has 0 aliphatic rings. The maximum absolute atomic E-state index is 6.82. The maximum atomic E-state index is 6.82. The molecule has 0 bridgehead atoms. The first-order chi connectivity index (χ1) is 24.2. The van der Waals surface area contributed by atoms with Gasteiger partial charge in [-0.2, -0.15) is 0 Å². The molecule has 10 rings (SSSR count). The molecule has 0 saturated carbocycles.